The lowest BCUT2D eigenvalue weighted by atomic mass is 10.0. The van der Waals surface area contributed by atoms with Crippen molar-refractivity contribution in [2.45, 2.75) is 45.1 Å². The Kier molecular flexibility index (Phi) is 3.42. The molecule has 100 valence electrons. The number of fused-ring (bicyclic) bond motifs is 1. The van der Waals surface area contributed by atoms with Gasteiger partial charge in [0.25, 0.3) is 0 Å². The molecule has 0 amide bonds. The van der Waals surface area contributed by atoms with Gasteiger partial charge in [-0.25, -0.2) is 4.98 Å². The van der Waals surface area contributed by atoms with Crippen molar-refractivity contribution < 1.29 is 0 Å². The van der Waals surface area contributed by atoms with Gasteiger partial charge >= 0.3 is 0 Å². The Morgan fingerprint density at radius 2 is 2.11 bits per heavy atom. The second-order valence-corrected chi connectivity index (χ2v) is 6.02. The van der Waals surface area contributed by atoms with E-state index in [-0.39, 0.29) is 0 Å². The van der Waals surface area contributed by atoms with Crippen LogP contribution in [0.4, 0.5) is 0 Å². The van der Waals surface area contributed by atoms with Gasteiger partial charge in [-0.2, -0.15) is 0 Å². The lowest BCUT2D eigenvalue weighted by molar-refractivity contribution is 0.417. The van der Waals surface area contributed by atoms with Crippen molar-refractivity contribution in [3.8, 4) is 0 Å². The summed E-state index contributed by atoms with van der Waals surface area (Å²) in [7, 11) is 2.12. The van der Waals surface area contributed by atoms with E-state index in [0.29, 0.717) is 6.04 Å². The number of aryl methyl sites for hydroxylation is 1. The summed E-state index contributed by atoms with van der Waals surface area (Å²) in [6, 6.07) is 0.484. The maximum Gasteiger partial charge on any atom is 0.125 e. The maximum absolute atomic E-state index is 4.59. The highest BCUT2D eigenvalue weighted by Crippen LogP contribution is 2.60. The van der Waals surface area contributed by atoms with Crippen LogP contribution in [0.3, 0.4) is 0 Å². The van der Waals surface area contributed by atoms with Crippen LogP contribution in [-0.2, 0) is 7.05 Å². The van der Waals surface area contributed by atoms with E-state index in [1.165, 1.54) is 37.9 Å². The molecule has 3 heteroatoms. The highest BCUT2D eigenvalue weighted by molar-refractivity contribution is 5.12. The van der Waals surface area contributed by atoms with Gasteiger partial charge in [-0.3, -0.25) is 0 Å². The molecule has 0 aromatic carbocycles. The van der Waals surface area contributed by atoms with E-state index in [9.17, 15) is 0 Å². The lowest BCUT2D eigenvalue weighted by Gasteiger charge is -2.18. The molecule has 0 spiro atoms. The molecule has 1 N–H and O–H groups in total. The van der Waals surface area contributed by atoms with Gasteiger partial charge in [-0.15, -0.1) is 0 Å². The minimum absolute atomic E-state index is 0.484. The molecule has 3 atom stereocenters. The van der Waals surface area contributed by atoms with Gasteiger partial charge in [-0.1, -0.05) is 19.8 Å². The average molecular weight is 247 g/mol. The van der Waals surface area contributed by atoms with Crippen LogP contribution in [0.25, 0.3) is 0 Å². The molecule has 2 fully saturated rings. The fourth-order valence-electron chi connectivity index (χ4n) is 3.92. The largest absolute Gasteiger partial charge is 0.337 e. The van der Waals surface area contributed by atoms with Gasteiger partial charge in [0.1, 0.15) is 5.82 Å². The number of rotatable bonds is 5. The Labute approximate surface area is 110 Å². The monoisotopic (exact) mass is 247 g/mol. The number of nitrogens with one attached hydrogen (secondary N) is 1. The normalized spacial score (nSPS) is 32.0. The fourth-order valence-corrected chi connectivity index (χ4v) is 3.92. The van der Waals surface area contributed by atoms with Crippen molar-refractivity contribution >= 4 is 0 Å². The van der Waals surface area contributed by atoms with E-state index in [4.69, 9.17) is 0 Å². The van der Waals surface area contributed by atoms with Gasteiger partial charge in [-0.05, 0) is 43.6 Å². The zero-order valence-corrected chi connectivity index (χ0v) is 11.6. The molecule has 0 radical (unpaired) electrons. The third-order valence-electron chi connectivity index (χ3n) is 4.86. The molecule has 2 aliphatic rings. The quantitative estimate of drug-likeness (QED) is 0.867. The number of hydrogen-bond donors (Lipinski definition) is 1. The van der Waals surface area contributed by atoms with Gasteiger partial charge in [0.05, 0.1) is 6.04 Å². The first-order valence-corrected chi connectivity index (χ1v) is 7.53. The van der Waals surface area contributed by atoms with Crippen LogP contribution in [0.5, 0.6) is 0 Å². The third-order valence-corrected chi connectivity index (χ3v) is 4.86. The predicted octanol–water partition coefficient (Wildman–Crippen LogP) is 2.90. The Morgan fingerprint density at radius 3 is 2.67 bits per heavy atom. The van der Waals surface area contributed by atoms with Crippen molar-refractivity contribution in [1.82, 2.24) is 14.9 Å². The van der Waals surface area contributed by atoms with E-state index in [1.54, 1.807) is 0 Å². The molecule has 18 heavy (non-hydrogen) atoms. The van der Waals surface area contributed by atoms with Crippen molar-refractivity contribution in [1.29, 1.82) is 0 Å². The molecule has 0 aliphatic heterocycles. The highest BCUT2D eigenvalue weighted by atomic mass is 15.1. The summed E-state index contributed by atoms with van der Waals surface area (Å²) in [5.41, 5.74) is 0. The molecular formula is C15H25N3. The zero-order chi connectivity index (χ0) is 12.5. The first kappa shape index (κ1) is 12.2. The fraction of sp³-hybridized carbons (Fsp3) is 0.800. The van der Waals surface area contributed by atoms with Crippen LogP contribution in [-0.4, -0.2) is 16.1 Å². The van der Waals surface area contributed by atoms with E-state index in [2.05, 4.69) is 35.0 Å². The minimum atomic E-state index is 0.484. The van der Waals surface area contributed by atoms with Crippen molar-refractivity contribution in [3.63, 3.8) is 0 Å². The third kappa shape index (κ3) is 2.09. The summed E-state index contributed by atoms with van der Waals surface area (Å²) >= 11 is 0. The average Bonchev–Trinajstić information content (AvgIpc) is 2.96. The van der Waals surface area contributed by atoms with Crippen LogP contribution in [0, 0.1) is 17.8 Å². The molecule has 3 rings (SSSR count). The van der Waals surface area contributed by atoms with Gasteiger partial charge in [0, 0.05) is 19.4 Å². The summed E-state index contributed by atoms with van der Waals surface area (Å²) in [6.45, 7) is 3.34. The molecular weight excluding hydrogens is 222 g/mol. The van der Waals surface area contributed by atoms with Crippen LogP contribution in [0.15, 0.2) is 12.4 Å². The topological polar surface area (TPSA) is 29.9 Å². The Bertz CT molecular complexity index is 386. The van der Waals surface area contributed by atoms with Gasteiger partial charge < -0.3 is 9.88 Å². The number of hydrogen-bond acceptors (Lipinski definition) is 2. The van der Waals surface area contributed by atoms with E-state index in [0.717, 1.165) is 24.3 Å². The Morgan fingerprint density at radius 1 is 1.39 bits per heavy atom. The molecule has 0 bridgehead atoms. The highest BCUT2D eigenvalue weighted by Gasteiger charge is 2.55. The summed E-state index contributed by atoms with van der Waals surface area (Å²) in [4.78, 5) is 4.59. The van der Waals surface area contributed by atoms with Crippen LogP contribution in [0.2, 0.25) is 0 Å². The predicted molar refractivity (Wildman–Crippen MR) is 73.2 cm³/mol. The molecule has 2 aliphatic carbocycles. The first-order chi connectivity index (χ1) is 8.83. The summed E-state index contributed by atoms with van der Waals surface area (Å²) in [5.74, 6) is 4.04. The molecule has 1 heterocycles. The van der Waals surface area contributed by atoms with Gasteiger partial charge in [0.2, 0.25) is 0 Å². The standard InChI is InChI=1S/C15H25N3/c1-3-8-16-14(15-17-9-10-18(15)2)13-11-6-4-5-7-12(11)13/h9-14,16H,3-8H2,1-2H3. The molecule has 3 nitrogen and oxygen atoms in total. The van der Waals surface area contributed by atoms with Crippen LogP contribution >= 0.6 is 0 Å². The van der Waals surface area contributed by atoms with E-state index in [1.807, 2.05) is 6.20 Å². The maximum atomic E-state index is 4.59. The van der Waals surface area contributed by atoms with Crippen LogP contribution < -0.4 is 5.32 Å². The Hall–Kier alpha value is -0.830. The van der Waals surface area contributed by atoms with E-state index >= 15 is 0 Å². The smallest absolute Gasteiger partial charge is 0.125 e. The summed E-state index contributed by atoms with van der Waals surface area (Å²) < 4.78 is 2.19. The molecule has 1 aromatic heterocycles. The molecule has 0 saturated heterocycles. The minimum Gasteiger partial charge on any atom is -0.337 e. The SMILES string of the molecule is CCCNC(c1nccn1C)C1C2CCCCC21. The first-order valence-electron chi connectivity index (χ1n) is 7.53. The molecule has 1 aromatic rings. The van der Waals surface area contributed by atoms with Crippen LogP contribution in [0.1, 0.15) is 50.9 Å². The van der Waals surface area contributed by atoms with Crippen molar-refractivity contribution in [3.05, 3.63) is 18.2 Å². The van der Waals surface area contributed by atoms with E-state index < -0.39 is 0 Å². The number of aromatic nitrogens is 2. The second kappa shape index (κ2) is 5.04. The van der Waals surface area contributed by atoms with Crippen molar-refractivity contribution in [2.24, 2.45) is 24.8 Å². The van der Waals surface area contributed by atoms with Gasteiger partial charge in [0.15, 0.2) is 0 Å². The summed E-state index contributed by atoms with van der Waals surface area (Å²) in [6.07, 6.45) is 11.0. The number of imidazole rings is 1. The zero-order valence-electron chi connectivity index (χ0n) is 11.6. The van der Waals surface area contributed by atoms with Crippen molar-refractivity contribution in [2.75, 3.05) is 6.54 Å². The summed E-state index contributed by atoms with van der Waals surface area (Å²) in [5, 5.41) is 3.75. The Balaban J connectivity index is 1.76. The molecule has 2 saturated carbocycles. The second-order valence-electron chi connectivity index (χ2n) is 6.02. The molecule has 3 unspecified atom stereocenters. The number of nitrogens with zero attached hydrogens (tertiary/aromatic N) is 2. The lowest BCUT2D eigenvalue weighted by Crippen LogP contribution is -2.27.